The van der Waals surface area contributed by atoms with Crippen molar-refractivity contribution in [2.45, 2.75) is 32.9 Å². The van der Waals surface area contributed by atoms with Gasteiger partial charge in [-0.1, -0.05) is 23.7 Å². The third-order valence-corrected chi connectivity index (χ3v) is 5.61. The molecular formula is C19H21ClN2O2S. The quantitative estimate of drug-likeness (QED) is 0.758. The molecule has 1 aliphatic heterocycles. The van der Waals surface area contributed by atoms with Crippen molar-refractivity contribution in [1.29, 1.82) is 0 Å². The lowest BCUT2D eigenvalue weighted by Crippen LogP contribution is -2.30. The van der Waals surface area contributed by atoms with Crippen LogP contribution in [0.5, 0.6) is 0 Å². The molecule has 4 nitrogen and oxygen atoms in total. The molecule has 0 spiro atoms. The number of hydrogen-bond acceptors (Lipinski definition) is 3. The highest BCUT2D eigenvalue weighted by Gasteiger charge is 2.20. The molecule has 0 atom stereocenters. The molecule has 2 heterocycles. The number of halogens is 1. The molecule has 6 heteroatoms. The summed E-state index contributed by atoms with van der Waals surface area (Å²) in [6.45, 7) is 4.63. The number of benzene rings is 1. The number of thiophene rings is 1. The summed E-state index contributed by atoms with van der Waals surface area (Å²) in [6, 6.07) is 11.4. The Bertz CT molecular complexity index is 757. The molecule has 0 N–H and O–H groups in total. The van der Waals surface area contributed by atoms with Crippen molar-refractivity contribution in [2.75, 3.05) is 13.1 Å². The zero-order valence-electron chi connectivity index (χ0n) is 14.2. The highest BCUT2D eigenvalue weighted by atomic mass is 35.5. The molecule has 25 heavy (non-hydrogen) atoms. The lowest BCUT2D eigenvalue weighted by molar-refractivity contribution is -0.128. The van der Waals surface area contributed by atoms with Crippen molar-refractivity contribution >= 4 is 34.8 Å². The minimum Gasteiger partial charge on any atom is -0.338 e. The van der Waals surface area contributed by atoms with E-state index < -0.39 is 0 Å². The van der Waals surface area contributed by atoms with Crippen LogP contribution in [0.4, 0.5) is 0 Å². The molecule has 0 unspecified atom stereocenters. The molecular weight excluding hydrogens is 356 g/mol. The van der Waals surface area contributed by atoms with Crippen molar-refractivity contribution < 1.29 is 9.59 Å². The van der Waals surface area contributed by atoms with Gasteiger partial charge >= 0.3 is 0 Å². The van der Waals surface area contributed by atoms with Gasteiger partial charge in [0.1, 0.15) is 0 Å². The number of amides is 2. The van der Waals surface area contributed by atoms with Gasteiger partial charge in [0.05, 0.1) is 10.9 Å². The molecule has 1 fully saturated rings. The van der Waals surface area contributed by atoms with Crippen LogP contribution >= 0.6 is 22.9 Å². The fourth-order valence-electron chi connectivity index (χ4n) is 2.98. The minimum atomic E-state index is 0.0100. The maximum Gasteiger partial charge on any atom is 0.254 e. The highest BCUT2D eigenvalue weighted by molar-refractivity contribution is 7.16. The summed E-state index contributed by atoms with van der Waals surface area (Å²) in [5, 5.41) is 0. The second kappa shape index (κ2) is 8.02. The average Bonchev–Trinajstić information content (AvgIpc) is 3.21. The van der Waals surface area contributed by atoms with Crippen LogP contribution in [-0.4, -0.2) is 34.7 Å². The Labute approximate surface area is 157 Å². The Morgan fingerprint density at radius 3 is 2.56 bits per heavy atom. The van der Waals surface area contributed by atoms with Crippen molar-refractivity contribution in [1.82, 2.24) is 9.80 Å². The number of carbonyl (C=O) groups excluding carboxylic acids is 2. The van der Waals surface area contributed by atoms with Crippen molar-refractivity contribution in [3.05, 3.63) is 56.7 Å². The molecule has 132 valence electrons. The van der Waals surface area contributed by atoms with Crippen molar-refractivity contribution in [2.24, 2.45) is 0 Å². The number of hydrogen-bond donors (Lipinski definition) is 0. The Kier molecular flexibility index (Phi) is 5.76. The van der Waals surface area contributed by atoms with Gasteiger partial charge in [0.2, 0.25) is 5.91 Å². The molecule has 3 rings (SSSR count). The van der Waals surface area contributed by atoms with E-state index >= 15 is 0 Å². The summed E-state index contributed by atoms with van der Waals surface area (Å²) in [6.07, 6.45) is 1.59. The molecule has 1 aromatic heterocycles. The maximum absolute atomic E-state index is 12.7. The molecule has 2 aromatic rings. The number of carbonyl (C=O) groups is 2. The van der Waals surface area contributed by atoms with E-state index in [4.69, 9.17) is 11.6 Å². The van der Waals surface area contributed by atoms with Gasteiger partial charge in [0.15, 0.2) is 0 Å². The molecule has 1 saturated heterocycles. The standard InChI is InChI=1S/C19H21ClN2O2S/c1-2-21(13-16-9-10-17(20)25-16)19(24)15-7-5-14(6-8-15)12-22-11-3-4-18(22)23/h5-10H,2-4,11-13H2,1H3. The first-order valence-electron chi connectivity index (χ1n) is 8.47. The molecule has 0 bridgehead atoms. The number of likely N-dealkylation sites (tertiary alicyclic amines) is 1. The van der Waals surface area contributed by atoms with E-state index in [9.17, 15) is 9.59 Å². The van der Waals surface area contributed by atoms with E-state index in [1.165, 1.54) is 11.3 Å². The van der Waals surface area contributed by atoms with Gasteiger partial charge in [-0.25, -0.2) is 0 Å². The van der Waals surface area contributed by atoms with Gasteiger partial charge in [-0.15, -0.1) is 11.3 Å². The average molecular weight is 377 g/mol. The number of rotatable bonds is 6. The maximum atomic E-state index is 12.7. The van der Waals surface area contributed by atoms with E-state index in [2.05, 4.69) is 0 Å². The van der Waals surface area contributed by atoms with Crippen LogP contribution in [0, 0.1) is 0 Å². The van der Waals surface area contributed by atoms with Crippen LogP contribution in [0.25, 0.3) is 0 Å². The van der Waals surface area contributed by atoms with E-state index in [1.807, 2.05) is 48.2 Å². The molecule has 2 amide bonds. The van der Waals surface area contributed by atoms with Gasteiger partial charge in [0.25, 0.3) is 5.91 Å². The minimum absolute atomic E-state index is 0.0100. The van der Waals surface area contributed by atoms with E-state index in [0.29, 0.717) is 31.6 Å². The van der Waals surface area contributed by atoms with Crippen molar-refractivity contribution in [3.8, 4) is 0 Å². The third-order valence-electron chi connectivity index (χ3n) is 4.39. The van der Waals surface area contributed by atoms with Crippen LogP contribution in [0.2, 0.25) is 4.34 Å². The first-order valence-corrected chi connectivity index (χ1v) is 9.66. The SMILES string of the molecule is CCN(Cc1ccc(Cl)s1)C(=O)c1ccc(CN2CCCC2=O)cc1. The zero-order valence-corrected chi connectivity index (χ0v) is 15.8. The van der Waals surface area contributed by atoms with Crippen molar-refractivity contribution in [3.63, 3.8) is 0 Å². The molecule has 0 aliphatic carbocycles. The van der Waals surface area contributed by atoms with Crippen LogP contribution in [0.1, 0.15) is 40.6 Å². The first-order chi connectivity index (χ1) is 12.1. The Morgan fingerprint density at radius 1 is 1.24 bits per heavy atom. The van der Waals surface area contributed by atoms with Gasteiger partial charge < -0.3 is 9.80 Å². The largest absolute Gasteiger partial charge is 0.338 e. The predicted molar refractivity (Wildman–Crippen MR) is 101 cm³/mol. The molecule has 0 saturated carbocycles. The topological polar surface area (TPSA) is 40.6 Å². The number of nitrogens with zero attached hydrogens (tertiary/aromatic N) is 2. The molecule has 1 aliphatic rings. The highest BCUT2D eigenvalue weighted by Crippen LogP contribution is 2.23. The van der Waals surface area contributed by atoms with E-state index in [0.717, 1.165) is 27.7 Å². The molecule has 1 aromatic carbocycles. The van der Waals surface area contributed by atoms with Crippen LogP contribution in [0.3, 0.4) is 0 Å². The van der Waals surface area contributed by atoms with E-state index in [1.54, 1.807) is 4.90 Å². The third kappa shape index (κ3) is 4.41. The van der Waals surface area contributed by atoms with Crippen LogP contribution < -0.4 is 0 Å². The molecule has 0 radical (unpaired) electrons. The lowest BCUT2D eigenvalue weighted by atomic mass is 10.1. The normalized spacial score (nSPS) is 14.2. The Hall–Kier alpha value is -1.85. The first kappa shape index (κ1) is 18.0. The van der Waals surface area contributed by atoms with Gasteiger partial charge in [-0.05, 0) is 43.2 Å². The van der Waals surface area contributed by atoms with Gasteiger partial charge in [0, 0.05) is 36.5 Å². The van der Waals surface area contributed by atoms with Crippen LogP contribution in [-0.2, 0) is 17.9 Å². The summed E-state index contributed by atoms with van der Waals surface area (Å²) < 4.78 is 0.735. The summed E-state index contributed by atoms with van der Waals surface area (Å²) in [5.74, 6) is 0.225. The zero-order chi connectivity index (χ0) is 17.8. The summed E-state index contributed by atoms with van der Waals surface area (Å²) >= 11 is 7.47. The predicted octanol–water partition coefficient (Wildman–Crippen LogP) is 4.19. The Morgan fingerprint density at radius 2 is 2.00 bits per heavy atom. The monoisotopic (exact) mass is 376 g/mol. The van der Waals surface area contributed by atoms with Gasteiger partial charge in [-0.3, -0.25) is 9.59 Å². The van der Waals surface area contributed by atoms with E-state index in [-0.39, 0.29) is 11.8 Å². The summed E-state index contributed by atoms with van der Waals surface area (Å²) in [5.41, 5.74) is 1.72. The second-order valence-corrected chi connectivity index (χ2v) is 7.94. The lowest BCUT2D eigenvalue weighted by Gasteiger charge is -2.20. The second-order valence-electron chi connectivity index (χ2n) is 6.14. The van der Waals surface area contributed by atoms with Crippen LogP contribution in [0.15, 0.2) is 36.4 Å². The smallest absolute Gasteiger partial charge is 0.254 e. The Balaban J connectivity index is 1.65. The summed E-state index contributed by atoms with van der Waals surface area (Å²) in [4.78, 5) is 29.2. The van der Waals surface area contributed by atoms with Gasteiger partial charge in [-0.2, -0.15) is 0 Å². The fourth-order valence-corrected chi connectivity index (χ4v) is 4.08. The fraction of sp³-hybridized carbons (Fsp3) is 0.368. The summed E-state index contributed by atoms with van der Waals surface area (Å²) in [7, 11) is 0.